The summed E-state index contributed by atoms with van der Waals surface area (Å²) in [5.74, 6) is 0. The molecule has 1 unspecified atom stereocenters. The van der Waals surface area contributed by atoms with Crippen LogP contribution in [-0.4, -0.2) is 49.3 Å². The second-order valence-corrected chi connectivity index (χ2v) is 8.13. The number of aromatic nitrogens is 2. The molecule has 130 valence electrons. The van der Waals surface area contributed by atoms with E-state index in [0.717, 1.165) is 19.3 Å². The number of hydrogen-bond donors (Lipinski definition) is 0. The van der Waals surface area contributed by atoms with Gasteiger partial charge in [-0.05, 0) is 24.8 Å². The fraction of sp³-hybridized carbons (Fsp3) is 0.471. The zero-order valence-corrected chi connectivity index (χ0v) is 14.7. The number of sulfonamides is 1. The Morgan fingerprint density at radius 3 is 2.83 bits per heavy atom. The second-order valence-electron chi connectivity index (χ2n) is 6.09. The standard InChI is InChI=1S/C17H23N3O3S/c1-19(10-5-8-15-6-3-2-4-7-15)24(21,22)17-12-18-20(13-17)16-9-11-23-14-16/h2-4,6-7,12-13,16H,5,8-11,14H2,1H3. The Balaban J connectivity index is 1.59. The van der Waals surface area contributed by atoms with Crippen LogP contribution in [0.5, 0.6) is 0 Å². The molecule has 6 nitrogen and oxygen atoms in total. The van der Waals surface area contributed by atoms with Crippen LogP contribution in [-0.2, 0) is 21.2 Å². The summed E-state index contributed by atoms with van der Waals surface area (Å²) < 4.78 is 33.7. The van der Waals surface area contributed by atoms with E-state index in [9.17, 15) is 8.42 Å². The van der Waals surface area contributed by atoms with Crippen molar-refractivity contribution in [2.45, 2.75) is 30.2 Å². The molecule has 0 saturated carbocycles. The van der Waals surface area contributed by atoms with Gasteiger partial charge in [0.25, 0.3) is 0 Å². The van der Waals surface area contributed by atoms with Gasteiger partial charge in [0.2, 0.25) is 10.0 Å². The van der Waals surface area contributed by atoms with Crippen molar-refractivity contribution in [3.8, 4) is 0 Å². The number of benzene rings is 1. The highest BCUT2D eigenvalue weighted by atomic mass is 32.2. The maximum atomic E-state index is 12.6. The zero-order valence-electron chi connectivity index (χ0n) is 13.8. The predicted octanol–water partition coefficient (Wildman–Crippen LogP) is 2.10. The maximum Gasteiger partial charge on any atom is 0.245 e. The number of hydrogen-bond acceptors (Lipinski definition) is 4. The van der Waals surface area contributed by atoms with Gasteiger partial charge in [-0.3, -0.25) is 4.68 Å². The van der Waals surface area contributed by atoms with Crippen LogP contribution in [0.2, 0.25) is 0 Å². The van der Waals surface area contributed by atoms with Crippen LogP contribution in [0.3, 0.4) is 0 Å². The third-order valence-corrected chi connectivity index (χ3v) is 6.16. The molecule has 1 aromatic heterocycles. The molecule has 2 aromatic rings. The van der Waals surface area contributed by atoms with E-state index in [2.05, 4.69) is 17.2 Å². The molecular formula is C17H23N3O3S. The van der Waals surface area contributed by atoms with E-state index >= 15 is 0 Å². The highest BCUT2D eigenvalue weighted by Crippen LogP contribution is 2.21. The molecule has 1 aliphatic heterocycles. The van der Waals surface area contributed by atoms with Gasteiger partial charge in [0.1, 0.15) is 4.90 Å². The second kappa shape index (κ2) is 7.46. The third kappa shape index (κ3) is 3.85. The highest BCUT2D eigenvalue weighted by molar-refractivity contribution is 7.89. The van der Waals surface area contributed by atoms with E-state index in [-0.39, 0.29) is 10.9 Å². The van der Waals surface area contributed by atoms with Crippen LogP contribution in [0.15, 0.2) is 47.6 Å². The van der Waals surface area contributed by atoms with Crippen LogP contribution in [0.25, 0.3) is 0 Å². The first kappa shape index (κ1) is 17.1. The zero-order chi connectivity index (χ0) is 17.0. The summed E-state index contributed by atoms with van der Waals surface area (Å²) in [7, 11) is -1.87. The van der Waals surface area contributed by atoms with Gasteiger partial charge in [-0.1, -0.05) is 30.3 Å². The Labute approximate surface area is 143 Å². The molecule has 0 N–H and O–H groups in total. The summed E-state index contributed by atoms with van der Waals surface area (Å²) in [6, 6.07) is 10.2. The van der Waals surface area contributed by atoms with Crippen molar-refractivity contribution in [1.29, 1.82) is 0 Å². The minimum atomic E-state index is -3.49. The molecule has 7 heteroatoms. The minimum absolute atomic E-state index is 0.136. The molecule has 1 fully saturated rings. The first-order valence-electron chi connectivity index (χ1n) is 8.19. The van der Waals surface area contributed by atoms with Crippen molar-refractivity contribution in [3.63, 3.8) is 0 Å². The third-order valence-electron chi connectivity index (χ3n) is 4.35. The molecule has 3 rings (SSSR count). The lowest BCUT2D eigenvalue weighted by atomic mass is 10.1. The Morgan fingerprint density at radius 2 is 2.12 bits per heavy atom. The lowest BCUT2D eigenvalue weighted by Gasteiger charge is -2.16. The van der Waals surface area contributed by atoms with Crippen molar-refractivity contribution >= 4 is 10.0 Å². The van der Waals surface area contributed by atoms with Crippen molar-refractivity contribution in [1.82, 2.24) is 14.1 Å². The Hall–Kier alpha value is -1.70. The normalized spacial score (nSPS) is 18.3. The minimum Gasteiger partial charge on any atom is -0.379 e. The van der Waals surface area contributed by atoms with Gasteiger partial charge < -0.3 is 4.74 Å². The molecule has 24 heavy (non-hydrogen) atoms. The fourth-order valence-electron chi connectivity index (χ4n) is 2.83. The monoisotopic (exact) mass is 349 g/mol. The molecule has 1 aliphatic rings. The van der Waals surface area contributed by atoms with Crippen LogP contribution in [0.4, 0.5) is 0 Å². The summed E-state index contributed by atoms with van der Waals surface area (Å²) in [6.45, 7) is 1.77. The smallest absolute Gasteiger partial charge is 0.245 e. The molecule has 0 spiro atoms. The molecule has 0 radical (unpaired) electrons. The van der Waals surface area contributed by atoms with E-state index in [4.69, 9.17) is 4.74 Å². The van der Waals surface area contributed by atoms with E-state index in [1.807, 2.05) is 18.2 Å². The summed E-state index contributed by atoms with van der Waals surface area (Å²) >= 11 is 0. The number of ether oxygens (including phenoxy) is 1. The topological polar surface area (TPSA) is 64.4 Å². The summed E-state index contributed by atoms with van der Waals surface area (Å²) in [6.07, 6.45) is 5.56. The van der Waals surface area contributed by atoms with Crippen molar-refractivity contribution in [2.24, 2.45) is 0 Å². The first-order chi connectivity index (χ1) is 11.6. The van der Waals surface area contributed by atoms with Crippen LogP contribution < -0.4 is 0 Å². The van der Waals surface area contributed by atoms with Crippen LogP contribution in [0.1, 0.15) is 24.4 Å². The van der Waals surface area contributed by atoms with E-state index in [0.29, 0.717) is 19.8 Å². The van der Waals surface area contributed by atoms with Crippen molar-refractivity contribution < 1.29 is 13.2 Å². The number of nitrogens with zero attached hydrogens (tertiary/aromatic N) is 3. The highest BCUT2D eigenvalue weighted by Gasteiger charge is 2.25. The Kier molecular flexibility index (Phi) is 5.33. The number of aryl methyl sites for hydroxylation is 1. The van der Waals surface area contributed by atoms with Gasteiger partial charge in [0.05, 0.1) is 18.8 Å². The molecule has 0 bridgehead atoms. The Bertz CT molecular complexity index is 752. The molecule has 0 amide bonds. The van der Waals surface area contributed by atoms with Crippen LogP contribution in [0, 0.1) is 0 Å². The average molecular weight is 349 g/mol. The molecule has 1 aromatic carbocycles. The SMILES string of the molecule is CN(CCCc1ccccc1)S(=O)(=O)c1cnn(C2CCOC2)c1. The molecule has 0 aliphatic carbocycles. The van der Waals surface area contributed by atoms with Gasteiger partial charge in [0.15, 0.2) is 0 Å². The van der Waals surface area contributed by atoms with Gasteiger partial charge >= 0.3 is 0 Å². The first-order valence-corrected chi connectivity index (χ1v) is 9.63. The lowest BCUT2D eigenvalue weighted by Crippen LogP contribution is -2.28. The number of rotatable bonds is 7. The quantitative estimate of drug-likeness (QED) is 0.768. The van der Waals surface area contributed by atoms with E-state index < -0.39 is 10.0 Å². The summed E-state index contributed by atoms with van der Waals surface area (Å²) in [5.41, 5.74) is 1.22. The molecular weight excluding hydrogens is 326 g/mol. The van der Waals surface area contributed by atoms with Crippen molar-refractivity contribution in [2.75, 3.05) is 26.8 Å². The van der Waals surface area contributed by atoms with Gasteiger partial charge in [0, 0.05) is 26.4 Å². The largest absolute Gasteiger partial charge is 0.379 e. The average Bonchev–Trinajstić information content (AvgIpc) is 3.27. The summed E-state index contributed by atoms with van der Waals surface area (Å²) in [5, 5.41) is 4.21. The molecule has 1 atom stereocenters. The van der Waals surface area contributed by atoms with Crippen molar-refractivity contribution in [3.05, 3.63) is 48.3 Å². The van der Waals surface area contributed by atoms with Gasteiger partial charge in [-0.2, -0.15) is 5.10 Å². The predicted molar refractivity (Wildman–Crippen MR) is 91.3 cm³/mol. The van der Waals surface area contributed by atoms with Crippen LogP contribution >= 0.6 is 0 Å². The van der Waals surface area contributed by atoms with Gasteiger partial charge in [-0.15, -0.1) is 0 Å². The lowest BCUT2D eigenvalue weighted by molar-refractivity contribution is 0.184. The maximum absolute atomic E-state index is 12.6. The molecule has 1 saturated heterocycles. The fourth-order valence-corrected chi connectivity index (χ4v) is 3.99. The van der Waals surface area contributed by atoms with E-state index in [1.165, 1.54) is 16.1 Å². The van der Waals surface area contributed by atoms with E-state index in [1.54, 1.807) is 17.9 Å². The molecule has 2 heterocycles. The Morgan fingerprint density at radius 1 is 1.33 bits per heavy atom. The van der Waals surface area contributed by atoms with Gasteiger partial charge in [-0.25, -0.2) is 12.7 Å². The summed E-state index contributed by atoms with van der Waals surface area (Å²) in [4.78, 5) is 0.247.